The zero-order valence-corrected chi connectivity index (χ0v) is 11.0. The van der Waals surface area contributed by atoms with Crippen LogP contribution in [0.3, 0.4) is 0 Å². The fourth-order valence-corrected chi connectivity index (χ4v) is 2.10. The molecule has 0 aliphatic rings. The predicted octanol–water partition coefficient (Wildman–Crippen LogP) is 2.89. The highest BCUT2D eigenvalue weighted by molar-refractivity contribution is 9.10. The monoisotopic (exact) mass is 292 g/mol. The third kappa shape index (κ3) is 2.48. The number of amides is 1. The lowest BCUT2D eigenvalue weighted by Crippen LogP contribution is -2.32. The molecule has 0 radical (unpaired) electrons. The van der Waals surface area contributed by atoms with Crippen molar-refractivity contribution in [2.24, 2.45) is 5.73 Å². The number of carbonyl (C=O) groups excluding carboxylic acids is 1. The molecular weight excluding hydrogens is 280 g/mol. The number of anilines is 1. The first kappa shape index (κ1) is 12.1. The quantitative estimate of drug-likeness (QED) is 0.894. The molecule has 0 heterocycles. The van der Waals surface area contributed by atoms with Crippen molar-refractivity contribution in [3.8, 4) is 0 Å². The molecule has 4 heteroatoms. The molecule has 2 aromatic carbocycles. The van der Waals surface area contributed by atoms with Gasteiger partial charge in [-0.1, -0.05) is 40.2 Å². The van der Waals surface area contributed by atoms with E-state index in [1.165, 1.54) is 0 Å². The molecule has 0 aliphatic heterocycles. The van der Waals surface area contributed by atoms with Crippen LogP contribution in [0.1, 0.15) is 6.92 Å². The standard InChI is InChI=1S/C13H13BrN2O/c1-8(15)13(17)16-12-7-6-11(14)9-4-2-3-5-10(9)12/h2-8H,15H2,1H3,(H,16,17)/t8-/m1/s1. The summed E-state index contributed by atoms with van der Waals surface area (Å²) in [5, 5.41) is 4.89. The first-order chi connectivity index (χ1) is 8.09. The number of fused-ring (bicyclic) bond motifs is 1. The molecule has 2 rings (SSSR count). The van der Waals surface area contributed by atoms with Crippen molar-refractivity contribution in [1.82, 2.24) is 0 Å². The van der Waals surface area contributed by atoms with Gasteiger partial charge in [0.25, 0.3) is 0 Å². The van der Waals surface area contributed by atoms with Gasteiger partial charge < -0.3 is 11.1 Å². The van der Waals surface area contributed by atoms with Crippen LogP contribution in [0.25, 0.3) is 10.8 Å². The minimum absolute atomic E-state index is 0.183. The molecule has 0 saturated carbocycles. The number of benzene rings is 2. The number of rotatable bonds is 2. The molecule has 2 aromatic rings. The fourth-order valence-electron chi connectivity index (χ4n) is 1.62. The van der Waals surface area contributed by atoms with E-state index in [0.717, 1.165) is 20.9 Å². The molecule has 0 fully saturated rings. The zero-order valence-electron chi connectivity index (χ0n) is 9.41. The Morgan fingerprint density at radius 3 is 2.53 bits per heavy atom. The summed E-state index contributed by atoms with van der Waals surface area (Å²) in [6, 6.07) is 11.1. The van der Waals surface area contributed by atoms with Crippen LogP contribution < -0.4 is 11.1 Å². The van der Waals surface area contributed by atoms with Crippen LogP contribution in [0, 0.1) is 0 Å². The lowest BCUT2D eigenvalue weighted by atomic mass is 10.1. The smallest absolute Gasteiger partial charge is 0.241 e. The molecule has 0 aromatic heterocycles. The van der Waals surface area contributed by atoms with Crippen molar-refractivity contribution in [2.75, 3.05) is 5.32 Å². The number of nitrogens with two attached hydrogens (primary N) is 1. The van der Waals surface area contributed by atoms with Gasteiger partial charge >= 0.3 is 0 Å². The average molecular weight is 293 g/mol. The Labute approximate surface area is 108 Å². The lowest BCUT2D eigenvalue weighted by molar-refractivity contribution is -0.117. The molecule has 0 bridgehead atoms. The second kappa shape index (κ2) is 4.85. The molecule has 0 saturated heterocycles. The van der Waals surface area contributed by atoms with Crippen molar-refractivity contribution in [2.45, 2.75) is 13.0 Å². The van der Waals surface area contributed by atoms with Crippen molar-refractivity contribution < 1.29 is 4.79 Å². The normalized spacial score (nSPS) is 12.4. The largest absolute Gasteiger partial charge is 0.324 e. The predicted molar refractivity (Wildman–Crippen MR) is 73.9 cm³/mol. The third-order valence-corrected chi connectivity index (χ3v) is 3.23. The topological polar surface area (TPSA) is 55.1 Å². The van der Waals surface area contributed by atoms with E-state index in [-0.39, 0.29) is 5.91 Å². The van der Waals surface area contributed by atoms with Gasteiger partial charge in [-0.2, -0.15) is 0 Å². The molecule has 3 nitrogen and oxygen atoms in total. The van der Waals surface area contributed by atoms with Crippen LogP contribution in [0.4, 0.5) is 5.69 Å². The number of hydrogen-bond donors (Lipinski definition) is 2. The molecular formula is C13H13BrN2O. The van der Waals surface area contributed by atoms with Gasteiger partial charge in [-0.15, -0.1) is 0 Å². The maximum Gasteiger partial charge on any atom is 0.241 e. The van der Waals surface area contributed by atoms with E-state index in [1.807, 2.05) is 36.4 Å². The van der Waals surface area contributed by atoms with Crippen LogP contribution in [0.15, 0.2) is 40.9 Å². The molecule has 0 spiro atoms. The average Bonchev–Trinajstić information content (AvgIpc) is 2.33. The lowest BCUT2D eigenvalue weighted by Gasteiger charge is -2.11. The highest BCUT2D eigenvalue weighted by atomic mass is 79.9. The van der Waals surface area contributed by atoms with Crippen LogP contribution >= 0.6 is 15.9 Å². The van der Waals surface area contributed by atoms with E-state index < -0.39 is 6.04 Å². The Morgan fingerprint density at radius 1 is 1.24 bits per heavy atom. The molecule has 3 N–H and O–H groups in total. The van der Waals surface area contributed by atoms with E-state index in [1.54, 1.807) is 6.92 Å². The van der Waals surface area contributed by atoms with Crippen molar-refractivity contribution in [3.63, 3.8) is 0 Å². The van der Waals surface area contributed by atoms with Crippen LogP contribution in [-0.2, 0) is 4.79 Å². The highest BCUT2D eigenvalue weighted by Gasteiger charge is 2.10. The van der Waals surface area contributed by atoms with Crippen LogP contribution in [0.5, 0.6) is 0 Å². The Morgan fingerprint density at radius 2 is 1.88 bits per heavy atom. The summed E-state index contributed by atoms with van der Waals surface area (Å²) in [5.74, 6) is -0.183. The van der Waals surface area contributed by atoms with E-state index >= 15 is 0 Å². The summed E-state index contributed by atoms with van der Waals surface area (Å²) in [5.41, 5.74) is 6.32. The first-order valence-corrected chi connectivity index (χ1v) is 6.12. The fraction of sp³-hybridized carbons (Fsp3) is 0.154. The van der Waals surface area contributed by atoms with Gasteiger partial charge in [0.1, 0.15) is 0 Å². The van der Waals surface area contributed by atoms with E-state index in [4.69, 9.17) is 5.73 Å². The summed E-state index contributed by atoms with van der Waals surface area (Å²) in [6.07, 6.45) is 0. The summed E-state index contributed by atoms with van der Waals surface area (Å²) >= 11 is 3.49. The molecule has 17 heavy (non-hydrogen) atoms. The second-order valence-electron chi connectivity index (χ2n) is 3.92. The van der Waals surface area contributed by atoms with Crippen molar-refractivity contribution in [1.29, 1.82) is 0 Å². The molecule has 1 amide bonds. The Hall–Kier alpha value is -1.39. The summed E-state index contributed by atoms with van der Waals surface area (Å²) in [4.78, 5) is 11.6. The Bertz CT molecular complexity index is 566. The molecule has 0 unspecified atom stereocenters. The molecule has 1 atom stereocenters. The minimum Gasteiger partial charge on any atom is -0.324 e. The highest BCUT2D eigenvalue weighted by Crippen LogP contribution is 2.29. The Balaban J connectivity index is 2.48. The maximum atomic E-state index is 11.6. The number of hydrogen-bond acceptors (Lipinski definition) is 2. The van der Waals surface area contributed by atoms with Gasteiger partial charge in [-0.25, -0.2) is 0 Å². The summed E-state index contributed by atoms with van der Waals surface area (Å²) in [7, 11) is 0. The second-order valence-corrected chi connectivity index (χ2v) is 4.77. The number of halogens is 1. The van der Waals surface area contributed by atoms with E-state index in [2.05, 4.69) is 21.2 Å². The minimum atomic E-state index is -0.516. The first-order valence-electron chi connectivity index (χ1n) is 5.33. The summed E-state index contributed by atoms with van der Waals surface area (Å²) < 4.78 is 1.01. The molecule has 0 aliphatic carbocycles. The Kier molecular flexibility index (Phi) is 3.45. The number of carbonyl (C=O) groups is 1. The van der Waals surface area contributed by atoms with Crippen molar-refractivity contribution >= 4 is 38.3 Å². The molecule has 88 valence electrons. The maximum absolute atomic E-state index is 11.6. The summed E-state index contributed by atoms with van der Waals surface area (Å²) in [6.45, 7) is 1.66. The van der Waals surface area contributed by atoms with E-state index in [0.29, 0.717) is 0 Å². The van der Waals surface area contributed by atoms with Crippen molar-refractivity contribution in [3.05, 3.63) is 40.9 Å². The van der Waals surface area contributed by atoms with Crippen LogP contribution in [0.2, 0.25) is 0 Å². The van der Waals surface area contributed by atoms with Gasteiger partial charge in [-0.3, -0.25) is 4.79 Å². The van der Waals surface area contributed by atoms with Gasteiger partial charge in [-0.05, 0) is 24.4 Å². The third-order valence-electron chi connectivity index (χ3n) is 2.54. The van der Waals surface area contributed by atoms with Gasteiger partial charge in [0.2, 0.25) is 5.91 Å². The van der Waals surface area contributed by atoms with Crippen LogP contribution in [-0.4, -0.2) is 11.9 Å². The SMILES string of the molecule is C[C@@H](N)C(=O)Nc1ccc(Br)c2ccccc12. The van der Waals surface area contributed by atoms with E-state index in [9.17, 15) is 4.79 Å². The van der Waals surface area contributed by atoms with Gasteiger partial charge in [0, 0.05) is 15.5 Å². The van der Waals surface area contributed by atoms with Gasteiger partial charge in [0.15, 0.2) is 0 Å². The number of nitrogens with one attached hydrogen (secondary N) is 1. The zero-order chi connectivity index (χ0) is 12.4. The van der Waals surface area contributed by atoms with Gasteiger partial charge in [0.05, 0.1) is 6.04 Å².